The van der Waals surface area contributed by atoms with Gasteiger partial charge >= 0.3 is 6.09 Å². The average molecular weight is 426 g/mol. The van der Waals surface area contributed by atoms with Crippen molar-refractivity contribution in [1.82, 2.24) is 19.9 Å². The largest absolute Gasteiger partial charge is 0.465 e. The minimum atomic E-state index is -1.32. The number of rotatable bonds is 4. The van der Waals surface area contributed by atoms with Gasteiger partial charge in [0, 0.05) is 23.3 Å². The molecular formula is C22H24ClN5O2. The van der Waals surface area contributed by atoms with E-state index in [9.17, 15) is 4.79 Å². The second kappa shape index (κ2) is 8.44. The van der Waals surface area contributed by atoms with Gasteiger partial charge in [-0.25, -0.2) is 14.8 Å². The molecule has 30 heavy (non-hydrogen) atoms. The molecule has 4 rings (SSSR count). The van der Waals surface area contributed by atoms with E-state index in [1.54, 1.807) is 6.07 Å². The zero-order valence-electron chi connectivity index (χ0n) is 16.7. The summed E-state index contributed by atoms with van der Waals surface area (Å²) in [6.07, 6.45) is 5.60. The first-order valence-electron chi connectivity index (χ1n) is 10.1. The fourth-order valence-corrected chi connectivity index (χ4v) is 4.35. The Morgan fingerprint density at radius 2 is 2.03 bits per heavy atom. The third-order valence-corrected chi connectivity index (χ3v) is 5.99. The molecular weight excluding hydrogens is 402 g/mol. The van der Waals surface area contributed by atoms with Gasteiger partial charge in [0.2, 0.25) is 0 Å². The van der Waals surface area contributed by atoms with Crippen molar-refractivity contribution in [2.75, 3.05) is 0 Å². The number of benzene rings is 1. The third kappa shape index (κ3) is 4.31. The lowest BCUT2D eigenvalue weighted by atomic mass is 9.83. The summed E-state index contributed by atoms with van der Waals surface area (Å²) in [6.45, 7) is 3.20. The molecule has 0 spiro atoms. The standard InChI is InChI=1S/C22H24ClN5O2/c1-13-5-7-14(8-6-13)12-28-10-9-17-19(28)18(15-3-2-4-16(23)11-15)26-21(25-17)20(24)27-22(29)30/h2-4,9-11,13-14H,5-8,12H2,1H3,(H2,24,27)(H,29,30)/t13-,14-. The van der Waals surface area contributed by atoms with Crippen LogP contribution in [0.4, 0.5) is 4.79 Å². The van der Waals surface area contributed by atoms with E-state index in [1.807, 2.05) is 35.8 Å². The molecule has 8 heteroatoms. The van der Waals surface area contributed by atoms with E-state index in [1.165, 1.54) is 25.7 Å². The van der Waals surface area contributed by atoms with E-state index in [0.29, 0.717) is 22.2 Å². The molecule has 1 aliphatic carbocycles. The number of amides is 1. The average Bonchev–Trinajstić information content (AvgIpc) is 3.11. The molecule has 1 aromatic carbocycles. The summed E-state index contributed by atoms with van der Waals surface area (Å²) in [5.74, 6) is 1.07. The Morgan fingerprint density at radius 1 is 1.27 bits per heavy atom. The molecule has 1 saturated carbocycles. The first-order chi connectivity index (χ1) is 14.4. The van der Waals surface area contributed by atoms with Crippen molar-refractivity contribution in [3.05, 3.63) is 47.4 Å². The lowest BCUT2D eigenvalue weighted by Gasteiger charge is -2.26. The Morgan fingerprint density at radius 3 is 2.73 bits per heavy atom. The van der Waals surface area contributed by atoms with Gasteiger partial charge in [-0.05, 0) is 42.9 Å². The van der Waals surface area contributed by atoms with Crippen LogP contribution in [0.2, 0.25) is 5.02 Å². The molecule has 0 atom stereocenters. The first-order valence-corrected chi connectivity index (χ1v) is 10.5. The van der Waals surface area contributed by atoms with Crippen LogP contribution in [-0.4, -0.2) is 31.6 Å². The van der Waals surface area contributed by atoms with Gasteiger partial charge in [0.05, 0.1) is 16.7 Å². The van der Waals surface area contributed by atoms with Gasteiger partial charge in [0.1, 0.15) is 0 Å². The van der Waals surface area contributed by atoms with Gasteiger partial charge in [-0.1, -0.05) is 43.5 Å². The number of carbonyl (C=O) groups is 1. The van der Waals surface area contributed by atoms with Gasteiger partial charge in [-0.3, -0.25) is 10.7 Å². The van der Waals surface area contributed by atoms with Crippen LogP contribution in [0.1, 0.15) is 38.4 Å². The summed E-state index contributed by atoms with van der Waals surface area (Å²) >= 11 is 6.22. The molecule has 2 heterocycles. The van der Waals surface area contributed by atoms with Gasteiger partial charge in [0.25, 0.3) is 0 Å². The Balaban J connectivity index is 1.79. The summed E-state index contributed by atoms with van der Waals surface area (Å²) < 4.78 is 2.18. The normalized spacial score (nSPS) is 19.0. The minimum Gasteiger partial charge on any atom is -0.465 e. The third-order valence-electron chi connectivity index (χ3n) is 5.75. The maximum atomic E-state index is 11.0. The molecule has 0 unspecified atom stereocenters. The van der Waals surface area contributed by atoms with E-state index >= 15 is 0 Å². The molecule has 1 aliphatic rings. The predicted octanol–water partition coefficient (Wildman–Crippen LogP) is 5.17. The van der Waals surface area contributed by atoms with Gasteiger partial charge in [0.15, 0.2) is 11.7 Å². The first kappa shape index (κ1) is 20.3. The van der Waals surface area contributed by atoms with E-state index in [2.05, 4.69) is 21.5 Å². The number of carboxylic acid groups (broad SMARTS) is 1. The Hall–Kier alpha value is -2.93. The molecule has 1 fully saturated rings. The minimum absolute atomic E-state index is 0.0316. The second-order valence-corrected chi connectivity index (χ2v) is 8.48. The van der Waals surface area contributed by atoms with Crippen molar-refractivity contribution in [2.45, 2.75) is 39.2 Å². The van der Waals surface area contributed by atoms with Gasteiger partial charge in [-0.2, -0.15) is 0 Å². The number of hydrogen-bond donors (Lipinski definition) is 3. The Kier molecular flexibility index (Phi) is 5.72. The topological polar surface area (TPSA) is 104 Å². The summed E-state index contributed by atoms with van der Waals surface area (Å²) in [6, 6.07) is 9.27. The quantitative estimate of drug-likeness (QED) is 0.396. The number of halogens is 1. The van der Waals surface area contributed by atoms with Crippen molar-refractivity contribution < 1.29 is 9.90 Å². The summed E-state index contributed by atoms with van der Waals surface area (Å²) in [5.41, 5.74) is 3.00. The second-order valence-electron chi connectivity index (χ2n) is 8.04. The number of amidine groups is 1. The van der Waals surface area contributed by atoms with Gasteiger partial charge < -0.3 is 9.67 Å². The monoisotopic (exact) mass is 425 g/mol. The van der Waals surface area contributed by atoms with E-state index < -0.39 is 6.09 Å². The van der Waals surface area contributed by atoms with Crippen LogP contribution in [0.15, 0.2) is 36.5 Å². The van der Waals surface area contributed by atoms with Crippen molar-refractivity contribution in [3.8, 4) is 11.3 Å². The van der Waals surface area contributed by atoms with Crippen LogP contribution in [0.25, 0.3) is 22.3 Å². The van der Waals surface area contributed by atoms with Crippen LogP contribution < -0.4 is 5.32 Å². The van der Waals surface area contributed by atoms with Crippen molar-refractivity contribution in [1.29, 1.82) is 5.41 Å². The smallest absolute Gasteiger partial charge is 0.410 e. The lowest BCUT2D eigenvalue weighted by molar-refractivity contribution is 0.200. The highest BCUT2D eigenvalue weighted by molar-refractivity contribution is 6.30. The molecule has 3 N–H and O–H groups in total. The Labute approximate surface area is 179 Å². The number of fused-ring (bicyclic) bond motifs is 1. The fraction of sp³-hybridized carbons (Fsp3) is 0.364. The summed E-state index contributed by atoms with van der Waals surface area (Å²) in [4.78, 5) is 20.0. The molecule has 0 saturated heterocycles. The van der Waals surface area contributed by atoms with E-state index in [4.69, 9.17) is 22.1 Å². The van der Waals surface area contributed by atoms with Crippen LogP contribution in [0.3, 0.4) is 0 Å². The number of nitrogens with zero attached hydrogens (tertiary/aromatic N) is 3. The molecule has 1 amide bonds. The highest BCUT2D eigenvalue weighted by atomic mass is 35.5. The maximum Gasteiger partial charge on any atom is 0.410 e. The fourth-order valence-electron chi connectivity index (χ4n) is 4.16. The van der Waals surface area contributed by atoms with Crippen LogP contribution >= 0.6 is 11.6 Å². The van der Waals surface area contributed by atoms with Crippen molar-refractivity contribution in [2.24, 2.45) is 11.8 Å². The van der Waals surface area contributed by atoms with Crippen LogP contribution in [-0.2, 0) is 6.54 Å². The zero-order valence-corrected chi connectivity index (χ0v) is 17.5. The lowest BCUT2D eigenvalue weighted by Crippen LogP contribution is -2.30. The molecule has 156 valence electrons. The molecule has 2 aromatic heterocycles. The maximum absolute atomic E-state index is 11.0. The Bertz CT molecular complexity index is 1100. The predicted molar refractivity (Wildman–Crippen MR) is 117 cm³/mol. The highest BCUT2D eigenvalue weighted by Gasteiger charge is 2.22. The number of aromatic nitrogens is 3. The van der Waals surface area contributed by atoms with Gasteiger partial charge in [-0.15, -0.1) is 0 Å². The SMILES string of the molecule is C[C@H]1CC[C@H](Cn2ccc3nc(C(=N)NC(=O)O)nc(-c4cccc(Cl)c4)c32)CC1. The zero-order chi connectivity index (χ0) is 21.3. The van der Waals surface area contributed by atoms with Crippen molar-refractivity contribution in [3.63, 3.8) is 0 Å². The molecule has 0 radical (unpaired) electrons. The molecule has 0 aliphatic heterocycles. The summed E-state index contributed by atoms with van der Waals surface area (Å²) in [7, 11) is 0. The van der Waals surface area contributed by atoms with E-state index in [0.717, 1.165) is 23.5 Å². The van der Waals surface area contributed by atoms with Crippen LogP contribution in [0, 0.1) is 17.2 Å². The highest BCUT2D eigenvalue weighted by Crippen LogP contribution is 2.33. The number of nitrogens with one attached hydrogen (secondary N) is 2. The van der Waals surface area contributed by atoms with E-state index in [-0.39, 0.29) is 11.7 Å². The number of hydrogen-bond acceptors (Lipinski definition) is 4. The molecule has 0 bridgehead atoms. The molecule has 7 nitrogen and oxygen atoms in total. The van der Waals surface area contributed by atoms with Crippen LogP contribution in [0.5, 0.6) is 0 Å². The summed E-state index contributed by atoms with van der Waals surface area (Å²) in [5, 5.41) is 19.6. The molecule has 3 aromatic rings. The van der Waals surface area contributed by atoms with Crippen molar-refractivity contribution >= 4 is 34.6 Å².